The van der Waals surface area contributed by atoms with E-state index in [4.69, 9.17) is 4.74 Å². The third kappa shape index (κ3) is 3.77. The maximum Gasteiger partial charge on any atom is 0.230 e. The minimum absolute atomic E-state index is 0.0155. The lowest BCUT2D eigenvalue weighted by Gasteiger charge is -2.05. The van der Waals surface area contributed by atoms with Gasteiger partial charge in [0.1, 0.15) is 11.1 Å². The van der Waals surface area contributed by atoms with Crippen LogP contribution in [0.3, 0.4) is 0 Å². The van der Waals surface area contributed by atoms with Gasteiger partial charge in [-0.25, -0.2) is 4.68 Å². The Labute approximate surface area is 161 Å². The zero-order chi connectivity index (χ0) is 18.8. The maximum absolute atomic E-state index is 12.5. The lowest BCUT2D eigenvalue weighted by atomic mass is 10.1. The Balaban J connectivity index is 1.46. The van der Waals surface area contributed by atoms with Gasteiger partial charge >= 0.3 is 0 Å². The average Bonchev–Trinajstić information content (AvgIpc) is 3.40. The molecule has 1 saturated heterocycles. The molecule has 1 aromatic carbocycles. The van der Waals surface area contributed by atoms with Gasteiger partial charge in [-0.3, -0.25) is 4.79 Å². The molecule has 0 bridgehead atoms. The second-order valence-corrected chi connectivity index (χ2v) is 7.58. The van der Waals surface area contributed by atoms with Crippen molar-refractivity contribution >= 4 is 22.4 Å². The minimum Gasteiger partial charge on any atom is -0.371 e. The molecule has 4 rings (SSSR count). The van der Waals surface area contributed by atoms with Crippen LogP contribution in [0.5, 0.6) is 0 Å². The van der Waals surface area contributed by atoms with Gasteiger partial charge in [-0.15, -0.1) is 10.2 Å². The Hall–Kier alpha value is -2.58. The Kier molecular flexibility index (Phi) is 5.00. The van der Waals surface area contributed by atoms with Crippen LogP contribution in [0.4, 0.5) is 5.13 Å². The van der Waals surface area contributed by atoms with Crippen LogP contribution in [-0.2, 0) is 16.0 Å². The normalized spacial score (nSPS) is 16.6. The fourth-order valence-corrected chi connectivity index (χ4v) is 4.11. The van der Waals surface area contributed by atoms with Crippen LogP contribution >= 0.6 is 11.3 Å². The van der Waals surface area contributed by atoms with Crippen molar-refractivity contribution in [3.8, 4) is 5.69 Å². The molecule has 8 heteroatoms. The predicted molar refractivity (Wildman–Crippen MR) is 103 cm³/mol. The van der Waals surface area contributed by atoms with E-state index in [0.29, 0.717) is 5.13 Å². The number of rotatable bonds is 5. The molecule has 1 aliphatic rings. The Morgan fingerprint density at radius 3 is 2.85 bits per heavy atom. The summed E-state index contributed by atoms with van der Waals surface area (Å²) >= 11 is 1.38. The van der Waals surface area contributed by atoms with Crippen LogP contribution in [-0.4, -0.2) is 32.5 Å². The molecule has 3 heterocycles. The number of hydrogen-bond acceptors (Lipinski definition) is 6. The number of carbonyl (C=O) groups is 1. The van der Waals surface area contributed by atoms with Crippen LogP contribution < -0.4 is 5.32 Å². The fourth-order valence-electron chi connectivity index (χ4n) is 3.26. The number of anilines is 1. The number of ether oxygens (including phenoxy) is 1. The SMILES string of the molecule is Cc1nn(-c2ccccc2)c(C)c1CC(=O)Nc1nnc([C@@H]2CCCO2)s1. The van der Waals surface area contributed by atoms with E-state index in [0.717, 1.165) is 47.1 Å². The van der Waals surface area contributed by atoms with Crippen molar-refractivity contribution in [2.45, 2.75) is 39.2 Å². The highest BCUT2D eigenvalue weighted by Crippen LogP contribution is 2.32. The monoisotopic (exact) mass is 383 g/mol. The van der Waals surface area contributed by atoms with Gasteiger partial charge in [0.25, 0.3) is 0 Å². The van der Waals surface area contributed by atoms with E-state index in [1.165, 1.54) is 11.3 Å². The van der Waals surface area contributed by atoms with Gasteiger partial charge in [0.05, 0.1) is 17.8 Å². The Bertz CT molecular complexity index is 944. The molecule has 0 aliphatic carbocycles. The van der Waals surface area contributed by atoms with E-state index >= 15 is 0 Å². The Morgan fingerprint density at radius 1 is 1.30 bits per heavy atom. The van der Waals surface area contributed by atoms with Crippen molar-refractivity contribution in [1.82, 2.24) is 20.0 Å². The van der Waals surface area contributed by atoms with Gasteiger partial charge in [-0.2, -0.15) is 5.10 Å². The average molecular weight is 383 g/mol. The first-order chi connectivity index (χ1) is 13.1. The van der Waals surface area contributed by atoms with E-state index in [-0.39, 0.29) is 18.4 Å². The van der Waals surface area contributed by atoms with Crippen LogP contribution in [0.25, 0.3) is 5.69 Å². The lowest BCUT2D eigenvalue weighted by molar-refractivity contribution is -0.115. The first-order valence-electron chi connectivity index (χ1n) is 8.97. The fraction of sp³-hybridized carbons (Fsp3) is 0.368. The first kappa shape index (κ1) is 17.8. The first-order valence-corrected chi connectivity index (χ1v) is 9.79. The number of para-hydroxylation sites is 1. The number of hydrogen-bond donors (Lipinski definition) is 1. The zero-order valence-electron chi connectivity index (χ0n) is 15.3. The number of amides is 1. The molecule has 1 atom stereocenters. The quantitative estimate of drug-likeness (QED) is 0.730. The number of benzene rings is 1. The molecular formula is C19H21N5O2S. The van der Waals surface area contributed by atoms with Crippen LogP contribution in [0.15, 0.2) is 30.3 Å². The number of aromatic nitrogens is 4. The molecule has 0 unspecified atom stereocenters. The molecule has 0 saturated carbocycles. The number of carbonyl (C=O) groups excluding carboxylic acids is 1. The summed E-state index contributed by atoms with van der Waals surface area (Å²) in [7, 11) is 0. The molecule has 2 aromatic heterocycles. The smallest absolute Gasteiger partial charge is 0.230 e. The van der Waals surface area contributed by atoms with Crippen molar-refractivity contribution in [3.05, 3.63) is 52.3 Å². The summed E-state index contributed by atoms with van der Waals surface area (Å²) in [6.45, 7) is 4.67. The molecule has 1 aliphatic heterocycles. The molecule has 0 radical (unpaired) electrons. The van der Waals surface area contributed by atoms with E-state index in [2.05, 4.69) is 20.6 Å². The molecule has 140 valence electrons. The second kappa shape index (κ2) is 7.58. The highest BCUT2D eigenvalue weighted by molar-refractivity contribution is 7.15. The third-order valence-electron chi connectivity index (χ3n) is 4.67. The largest absolute Gasteiger partial charge is 0.371 e. The van der Waals surface area contributed by atoms with Gasteiger partial charge < -0.3 is 10.1 Å². The van der Waals surface area contributed by atoms with Crippen molar-refractivity contribution < 1.29 is 9.53 Å². The Morgan fingerprint density at radius 2 is 2.11 bits per heavy atom. The number of nitrogens with zero attached hydrogens (tertiary/aromatic N) is 4. The standard InChI is InChI=1S/C19H21N5O2S/c1-12-15(13(2)24(23-12)14-7-4-3-5-8-14)11-17(25)20-19-22-21-18(27-19)16-9-6-10-26-16/h3-5,7-8,16H,6,9-11H2,1-2H3,(H,20,22,25)/t16-/m0/s1. The van der Waals surface area contributed by atoms with Gasteiger partial charge in [-0.1, -0.05) is 29.5 Å². The second-order valence-electron chi connectivity index (χ2n) is 6.57. The van der Waals surface area contributed by atoms with E-state index in [9.17, 15) is 4.79 Å². The molecule has 1 fully saturated rings. The van der Waals surface area contributed by atoms with Crippen molar-refractivity contribution in [3.63, 3.8) is 0 Å². The summed E-state index contributed by atoms with van der Waals surface area (Å²) in [5, 5.41) is 17.0. The number of nitrogens with one attached hydrogen (secondary N) is 1. The van der Waals surface area contributed by atoms with Crippen molar-refractivity contribution in [2.75, 3.05) is 11.9 Å². The minimum atomic E-state index is -0.121. The van der Waals surface area contributed by atoms with Gasteiger partial charge in [0.15, 0.2) is 0 Å². The molecule has 27 heavy (non-hydrogen) atoms. The maximum atomic E-state index is 12.5. The molecule has 3 aromatic rings. The molecule has 0 spiro atoms. The third-order valence-corrected chi connectivity index (χ3v) is 5.60. The van der Waals surface area contributed by atoms with E-state index in [1.54, 1.807) is 0 Å². The van der Waals surface area contributed by atoms with Gasteiger partial charge in [0, 0.05) is 17.9 Å². The van der Waals surface area contributed by atoms with Gasteiger partial charge in [0.2, 0.25) is 11.0 Å². The van der Waals surface area contributed by atoms with E-state index in [1.807, 2.05) is 48.9 Å². The van der Waals surface area contributed by atoms with Crippen LogP contribution in [0.2, 0.25) is 0 Å². The van der Waals surface area contributed by atoms with Gasteiger partial charge in [-0.05, 0) is 38.8 Å². The van der Waals surface area contributed by atoms with Crippen molar-refractivity contribution in [1.29, 1.82) is 0 Å². The summed E-state index contributed by atoms with van der Waals surface area (Å²) in [5.41, 5.74) is 3.73. The summed E-state index contributed by atoms with van der Waals surface area (Å²) in [6.07, 6.45) is 2.26. The molecule has 7 nitrogen and oxygen atoms in total. The topological polar surface area (TPSA) is 81.9 Å². The zero-order valence-corrected chi connectivity index (χ0v) is 16.1. The van der Waals surface area contributed by atoms with Crippen molar-refractivity contribution in [2.24, 2.45) is 0 Å². The van der Waals surface area contributed by atoms with E-state index < -0.39 is 0 Å². The molecule has 1 amide bonds. The summed E-state index contributed by atoms with van der Waals surface area (Å²) < 4.78 is 7.49. The summed E-state index contributed by atoms with van der Waals surface area (Å²) in [4.78, 5) is 12.5. The summed E-state index contributed by atoms with van der Waals surface area (Å²) in [6, 6.07) is 9.91. The molecular weight excluding hydrogens is 362 g/mol. The highest BCUT2D eigenvalue weighted by atomic mass is 32.1. The summed E-state index contributed by atoms with van der Waals surface area (Å²) in [5.74, 6) is -0.121. The number of aryl methyl sites for hydroxylation is 1. The van der Waals surface area contributed by atoms with Crippen LogP contribution in [0.1, 0.15) is 40.9 Å². The van der Waals surface area contributed by atoms with Crippen LogP contribution in [0, 0.1) is 13.8 Å². The lowest BCUT2D eigenvalue weighted by Crippen LogP contribution is -2.15. The predicted octanol–water partition coefficient (Wildman–Crippen LogP) is 3.37. The molecule has 1 N–H and O–H groups in total. The highest BCUT2D eigenvalue weighted by Gasteiger charge is 2.23.